The molecule has 2 aliphatic rings. The highest BCUT2D eigenvalue weighted by atomic mass is 16.2. The minimum absolute atomic E-state index is 0.157. The number of nitrogens with zero attached hydrogens (tertiary/aromatic N) is 1. The minimum atomic E-state index is 0.157. The summed E-state index contributed by atoms with van der Waals surface area (Å²) in [5.41, 5.74) is 3.43. The van der Waals surface area contributed by atoms with Crippen LogP contribution >= 0.6 is 0 Å². The molecule has 1 N–H and O–H groups in total. The Kier molecular flexibility index (Phi) is 3.79. The van der Waals surface area contributed by atoms with Crippen molar-refractivity contribution in [3.05, 3.63) is 60.2 Å². The molecule has 0 aromatic heterocycles. The average molecular weight is 320 g/mol. The van der Waals surface area contributed by atoms with Gasteiger partial charge < -0.3 is 10.2 Å². The van der Waals surface area contributed by atoms with Crippen LogP contribution < -0.4 is 10.2 Å². The Balaban J connectivity index is 1.78. The lowest BCUT2D eigenvalue weighted by atomic mass is 9.80. The van der Waals surface area contributed by atoms with Crippen molar-refractivity contribution in [1.82, 2.24) is 0 Å². The molecule has 3 atom stereocenters. The lowest BCUT2D eigenvalue weighted by Crippen LogP contribution is -2.51. The number of amides is 1. The molecule has 3 nitrogen and oxygen atoms in total. The van der Waals surface area contributed by atoms with E-state index in [4.69, 9.17) is 0 Å². The molecule has 1 fully saturated rings. The van der Waals surface area contributed by atoms with Crippen molar-refractivity contribution in [2.45, 2.75) is 38.8 Å². The standard InChI is InChI=1S/C21H24N2O/c1-14-20(22-17-8-4-3-5-9-17)18-10-6-7-11-19(18)23(15(2)24)21(14)16-12-13-16/h3-11,14,16,20-22H,12-13H2,1-2H3/t14-,20?,21-/m1/s1. The Morgan fingerprint density at radius 1 is 1.04 bits per heavy atom. The van der Waals surface area contributed by atoms with Crippen molar-refractivity contribution in [3.8, 4) is 0 Å². The molecular weight excluding hydrogens is 296 g/mol. The second-order valence-electron chi connectivity index (χ2n) is 7.12. The van der Waals surface area contributed by atoms with Gasteiger partial charge in [-0.3, -0.25) is 4.79 Å². The van der Waals surface area contributed by atoms with Gasteiger partial charge in [-0.15, -0.1) is 0 Å². The zero-order valence-corrected chi connectivity index (χ0v) is 14.3. The summed E-state index contributed by atoms with van der Waals surface area (Å²) < 4.78 is 0. The zero-order valence-electron chi connectivity index (χ0n) is 14.3. The Hall–Kier alpha value is -2.29. The van der Waals surface area contributed by atoms with Crippen molar-refractivity contribution in [1.29, 1.82) is 0 Å². The van der Waals surface area contributed by atoms with E-state index in [1.54, 1.807) is 6.92 Å². The number of benzene rings is 2. The van der Waals surface area contributed by atoms with Gasteiger partial charge in [-0.25, -0.2) is 0 Å². The summed E-state index contributed by atoms with van der Waals surface area (Å²) in [5.74, 6) is 1.16. The van der Waals surface area contributed by atoms with Crippen molar-refractivity contribution < 1.29 is 4.79 Å². The van der Waals surface area contributed by atoms with Gasteiger partial charge >= 0.3 is 0 Å². The fraction of sp³-hybridized carbons (Fsp3) is 0.381. The molecule has 1 aliphatic heterocycles. The van der Waals surface area contributed by atoms with Gasteiger partial charge in [-0.05, 0) is 42.5 Å². The van der Waals surface area contributed by atoms with Crippen LogP contribution in [0.5, 0.6) is 0 Å². The summed E-state index contributed by atoms with van der Waals surface area (Å²) in [6.07, 6.45) is 2.47. The van der Waals surface area contributed by atoms with E-state index in [9.17, 15) is 4.79 Å². The first-order chi connectivity index (χ1) is 11.7. The third-order valence-corrected chi connectivity index (χ3v) is 5.43. The predicted molar refractivity (Wildman–Crippen MR) is 98.1 cm³/mol. The Morgan fingerprint density at radius 2 is 1.71 bits per heavy atom. The quantitative estimate of drug-likeness (QED) is 0.895. The van der Waals surface area contributed by atoms with E-state index in [1.807, 2.05) is 12.1 Å². The maximum absolute atomic E-state index is 12.4. The summed E-state index contributed by atoms with van der Waals surface area (Å²) in [5, 5.41) is 3.72. The molecular formula is C21H24N2O. The van der Waals surface area contributed by atoms with Crippen LogP contribution in [-0.4, -0.2) is 11.9 Å². The molecule has 2 aromatic rings. The molecule has 1 aliphatic carbocycles. The van der Waals surface area contributed by atoms with E-state index in [0.29, 0.717) is 17.9 Å². The number of anilines is 2. The lowest BCUT2D eigenvalue weighted by Gasteiger charge is -2.46. The lowest BCUT2D eigenvalue weighted by molar-refractivity contribution is -0.117. The van der Waals surface area contributed by atoms with Gasteiger partial charge in [0.2, 0.25) is 5.91 Å². The van der Waals surface area contributed by atoms with Crippen molar-refractivity contribution in [2.75, 3.05) is 10.2 Å². The van der Waals surface area contributed by atoms with E-state index in [0.717, 1.165) is 11.4 Å². The first kappa shape index (κ1) is 15.3. The third-order valence-electron chi connectivity index (χ3n) is 5.43. The average Bonchev–Trinajstić information content (AvgIpc) is 3.42. The fourth-order valence-corrected chi connectivity index (χ4v) is 4.23. The van der Waals surface area contributed by atoms with Crippen LogP contribution in [0.1, 0.15) is 38.3 Å². The first-order valence-electron chi connectivity index (χ1n) is 8.87. The number of para-hydroxylation sites is 2. The SMILES string of the molecule is CC(=O)N1c2ccccc2C(Nc2ccccc2)[C@@H](C)[C@@H]1C1CC1. The number of nitrogens with one attached hydrogen (secondary N) is 1. The Bertz CT molecular complexity index is 739. The van der Waals surface area contributed by atoms with E-state index >= 15 is 0 Å². The molecule has 1 saturated carbocycles. The molecule has 2 aromatic carbocycles. The molecule has 24 heavy (non-hydrogen) atoms. The molecule has 0 saturated heterocycles. The molecule has 124 valence electrons. The van der Waals surface area contributed by atoms with Crippen molar-refractivity contribution >= 4 is 17.3 Å². The molecule has 4 rings (SSSR count). The van der Waals surface area contributed by atoms with Crippen LogP contribution in [-0.2, 0) is 4.79 Å². The second-order valence-corrected chi connectivity index (χ2v) is 7.12. The van der Waals surface area contributed by atoms with E-state index < -0.39 is 0 Å². The van der Waals surface area contributed by atoms with Gasteiger partial charge in [0.25, 0.3) is 0 Å². The molecule has 0 radical (unpaired) electrons. The Labute approximate surface area is 143 Å². The van der Waals surface area contributed by atoms with Crippen molar-refractivity contribution in [2.24, 2.45) is 11.8 Å². The van der Waals surface area contributed by atoms with E-state index in [1.165, 1.54) is 18.4 Å². The first-order valence-corrected chi connectivity index (χ1v) is 8.87. The molecule has 0 spiro atoms. The van der Waals surface area contributed by atoms with Gasteiger partial charge in [-0.1, -0.05) is 43.3 Å². The highest BCUT2D eigenvalue weighted by molar-refractivity contribution is 5.94. The monoisotopic (exact) mass is 320 g/mol. The van der Waals surface area contributed by atoms with E-state index in [2.05, 4.69) is 59.6 Å². The maximum Gasteiger partial charge on any atom is 0.224 e. The molecule has 1 amide bonds. The fourth-order valence-electron chi connectivity index (χ4n) is 4.23. The van der Waals surface area contributed by atoms with E-state index in [-0.39, 0.29) is 11.9 Å². The minimum Gasteiger partial charge on any atom is -0.378 e. The predicted octanol–water partition coefficient (Wildman–Crippen LogP) is 4.62. The summed E-state index contributed by atoms with van der Waals surface area (Å²) in [6.45, 7) is 3.99. The second kappa shape index (κ2) is 5.97. The summed E-state index contributed by atoms with van der Waals surface area (Å²) in [6, 6.07) is 19.2. The van der Waals surface area contributed by atoms with Gasteiger partial charge in [0.15, 0.2) is 0 Å². The Morgan fingerprint density at radius 3 is 2.38 bits per heavy atom. The number of carbonyl (C=O) groups excluding carboxylic acids is 1. The van der Waals surface area contributed by atoms with Crippen LogP contribution in [0.4, 0.5) is 11.4 Å². The van der Waals surface area contributed by atoms with Crippen LogP contribution in [0.3, 0.4) is 0 Å². The number of rotatable bonds is 3. The molecule has 1 unspecified atom stereocenters. The molecule has 1 heterocycles. The summed E-state index contributed by atoms with van der Waals surface area (Å²) in [4.78, 5) is 14.5. The van der Waals surface area contributed by atoms with Crippen LogP contribution in [0.2, 0.25) is 0 Å². The van der Waals surface area contributed by atoms with Gasteiger partial charge in [0.1, 0.15) is 0 Å². The highest BCUT2D eigenvalue weighted by Gasteiger charge is 2.47. The normalized spacial score (nSPS) is 25.9. The maximum atomic E-state index is 12.4. The van der Waals surface area contributed by atoms with Gasteiger partial charge in [0, 0.05) is 30.3 Å². The number of carbonyl (C=O) groups is 1. The third kappa shape index (κ3) is 2.58. The van der Waals surface area contributed by atoms with Gasteiger partial charge in [-0.2, -0.15) is 0 Å². The molecule has 3 heteroatoms. The van der Waals surface area contributed by atoms with Crippen LogP contribution in [0, 0.1) is 11.8 Å². The van der Waals surface area contributed by atoms with Crippen LogP contribution in [0.15, 0.2) is 54.6 Å². The van der Waals surface area contributed by atoms with Gasteiger partial charge in [0.05, 0.1) is 6.04 Å². The largest absolute Gasteiger partial charge is 0.378 e. The highest BCUT2D eigenvalue weighted by Crippen LogP contribution is 2.49. The van der Waals surface area contributed by atoms with Crippen molar-refractivity contribution in [3.63, 3.8) is 0 Å². The van der Waals surface area contributed by atoms with Crippen LogP contribution in [0.25, 0.3) is 0 Å². The summed E-state index contributed by atoms with van der Waals surface area (Å²) >= 11 is 0. The number of fused-ring (bicyclic) bond motifs is 1. The topological polar surface area (TPSA) is 32.3 Å². The smallest absolute Gasteiger partial charge is 0.224 e. The zero-order chi connectivity index (χ0) is 16.7. The summed E-state index contributed by atoms with van der Waals surface area (Å²) in [7, 11) is 0. The molecule has 0 bridgehead atoms. The number of hydrogen-bond acceptors (Lipinski definition) is 2. The number of hydrogen-bond donors (Lipinski definition) is 1.